The number of nitrogens with zero attached hydrogens (tertiary/aromatic N) is 4. The molecule has 3 aromatic rings. The molecule has 0 spiro atoms. The molecule has 0 fully saturated rings. The van der Waals surface area contributed by atoms with Crippen molar-refractivity contribution in [3.8, 4) is 0 Å². The molecule has 102 valence electrons. The van der Waals surface area contributed by atoms with Gasteiger partial charge in [-0.1, -0.05) is 0 Å². The van der Waals surface area contributed by atoms with Crippen LogP contribution in [0.2, 0.25) is 0 Å². The molecule has 0 atom stereocenters. The maximum atomic E-state index is 5.36. The van der Waals surface area contributed by atoms with E-state index < -0.39 is 0 Å². The Kier molecular flexibility index (Phi) is 3.13. The Morgan fingerprint density at radius 1 is 1.30 bits per heavy atom. The Labute approximate surface area is 114 Å². The number of aryl methyl sites for hydroxylation is 1. The summed E-state index contributed by atoms with van der Waals surface area (Å²) in [6, 6.07) is 1.97. The molecule has 0 aliphatic carbocycles. The van der Waals surface area contributed by atoms with Gasteiger partial charge in [-0.15, -0.1) is 0 Å². The van der Waals surface area contributed by atoms with Crippen LogP contribution in [0.5, 0.6) is 0 Å². The van der Waals surface area contributed by atoms with E-state index in [4.69, 9.17) is 5.84 Å². The van der Waals surface area contributed by atoms with E-state index in [0.717, 1.165) is 16.5 Å². The molecule has 3 rings (SSSR count). The highest BCUT2D eigenvalue weighted by Crippen LogP contribution is 2.20. The van der Waals surface area contributed by atoms with E-state index in [1.54, 1.807) is 12.4 Å². The zero-order valence-electron chi connectivity index (χ0n) is 10.9. The Balaban J connectivity index is 1.90. The van der Waals surface area contributed by atoms with Crippen molar-refractivity contribution < 1.29 is 0 Å². The van der Waals surface area contributed by atoms with Gasteiger partial charge in [0, 0.05) is 18.9 Å². The lowest BCUT2D eigenvalue weighted by Crippen LogP contribution is -2.12. The Morgan fingerprint density at radius 3 is 3.00 bits per heavy atom. The van der Waals surface area contributed by atoms with Crippen LogP contribution in [0.1, 0.15) is 11.1 Å². The lowest BCUT2D eigenvalue weighted by atomic mass is 10.1. The fraction of sp³-hybridized carbons (Fsp3) is 0.167. The van der Waals surface area contributed by atoms with E-state index in [9.17, 15) is 0 Å². The average molecular weight is 270 g/mol. The molecule has 0 unspecified atom stereocenters. The van der Waals surface area contributed by atoms with E-state index in [-0.39, 0.29) is 0 Å². The van der Waals surface area contributed by atoms with E-state index in [2.05, 4.69) is 35.9 Å². The smallest absolute Gasteiger partial charge is 0.241 e. The first-order valence-electron chi connectivity index (χ1n) is 6.09. The zero-order valence-corrected chi connectivity index (χ0v) is 10.9. The van der Waals surface area contributed by atoms with Crippen LogP contribution in [0.3, 0.4) is 0 Å². The predicted octanol–water partition coefficient (Wildman–Crippen LogP) is 0.954. The summed E-state index contributed by atoms with van der Waals surface area (Å²) in [4.78, 5) is 12.5. The molecule has 8 heteroatoms. The van der Waals surface area contributed by atoms with E-state index in [1.165, 1.54) is 0 Å². The Bertz CT molecular complexity index is 735. The van der Waals surface area contributed by atoms with Crippen molar-refractivity contribution in [1.29, 1.82) is 0 Å². The molecule has 0 aliphatic rings. The van der Waals surface area contributed by atoms with Gasteiger partial charge >= 0.3 is 0 Å². The Morgan fingerprint density at radius 2 is 2.20 bits per heavy atom. The number of hydrogen-bond acceptors (Lipinski definition) is 7. The number of fused-ring (bicyclic) bond motifs is 1. The van der Waals surface area contributed by atoms with Gasteiger partial charge < -0.3 is 5.32 Å². The summed E-state index contributed by atoms with van der Waals surface area (Å²) in [7, 11) is 0. The summed E-state index contributed by atoms with van der Waals surface area (Å²) in [6.07, 6.45) is 5.28. The minimum absolute atomic E-state index is 0.329. The summed E-state index contributed by atoms with van der Waals surface area (Å²) < 4.78 is 0. The summed E-state index contributed by atoms with van der Waals surface area (Å²) in [5.74, 6) is 6.37. The third-order valence-corrected chi connectivity index (χ3v) is 3.02. The summed E-state index contributed by atoms with van der Waals surface area (Å²) in [6.45, 7) is 2.65. The molecule has 5 N–H and O–H groups in total. The van der Waals surface area contributed by atoms with Crippen LogP contribution in [0, 0.1) is 6.92 Å². The normalized spacial score (nSPS) is 10.7. The van der Waals surface area contributed by atoms with Gasteiger partial charge in [-0.25, -0.2) is 5.84 Å². The first-order valence-corrected chi connectivity index (χ1v) is 6.09. The molecule has 0 aromatic carbocycles. The van der Waals surface area contributed by atoms with E-state index in [0.29, 0.717) is 24.0 Å². The van der Waals surface area contributed by atoms with Crippen LogP contribution < -0.4 is 16.6 Å². The van der Waals surface area contributed by atoms with Crippen molar-refractivity contribution in [3.63, 3.8) is 0 Å². The number of nitrogens with two attached hydrogens (primary N) is 1. The topological polar surface area (TPSA) is 117 Å². The molecular weight excluding hydrogens is 256 g/mol. The minimum atomic E-state index is 0.329. The van der Waals surface area contributed by atoms with Crippen molar-refractivity contribution in [2.24, 2.45) is 5.84 Å². The molecule has 3 heterocycles. The number of aromatic amines is 1. The van der Waals surface area contributed by atoms with Crippen LogP contribution in [0.15, 0.2) is 24.7 Å². The summed E-state index contributed by atoms with van der Waals surface area (Å²) in [5, 5.41) is 10.8. The van der Waals surface area contributed by atoms with Crippen LogP contribution in [0.25, 0.3) is 11.0 Å². The summed E-state index contributed by atoms with van der Waals surface area (Å²) in [5.41, 5.74) is 5.34. The number of nitrogen functional groups attached to an aromatic ring is 1. The van der Waals surface area contributed by atoms with Crippen LogP contribution in [0.4, 0.5) is 11.8 Å². The number of aromatic nitrogens is 5. The molecule has 0 saturated carbocycles. The third kappa shape index (κ3) is 2.24. The van der Waals surface area contributed by atoms with Crippen molar-refractivity contribution in [2.45, 2.75) is 13.5 Å². The van der Waals surface area contributed by atoms with Gasteiger partial charge in [-0.2, -0.15) is 15.1 Å². The fourth-order valence-corrected chi connectivity index (χ4v) is 1.91. The van der Waals surface area contributed by atoms with Crippen molar-refractivity contribution in [1.82, 2.24) is 25.1 Å². The van der Waals surface area contributed by atoms with Crippen molar-refractivity contribution in [2.75, 3.05) is 10.7 Å². The lowest BCUT2D eigenvalue weighted by Gasteiger charge is -2.09. The predicted molar refractivity (Wildman–Crippen MR) is 75.8 cm³/mol. The van der Waals surface area contributed by atoms with Gasteiger partial charge in [0.15, 0.2) is 5.65 Å². The van der Waals surface area contributed by atoms with Crippen LogP contribution >= 0.6 is 0 Å². The number of hydrogen-bond donors (Lipinski definition) is 4. The highest BCUT2D eigenvalue weighted by atomic mass is 15.3. The third-order valence-electron chi connectivity index (χ3n) is 3.02. The molecule has 20 heavy (non-hydrogen) atoms. The molecule has 0 radical (unpaired) electrons. The monoisotopic (exact) mass is 270 g/mol. The van der Waals surface area contributed by atoms with Gasteiger partial charge in [-0.05, 0) is 24.1 Å². The van der Waals surface area contributed by atoms with Crippen LogP contribution in [-0.2, 0) is 6.54 Å². The number of rotatable bonds is 4. The average Bonchev–Trinajstić information content (AvgIpc) is 2.94. The SMILES string of the molecule is Cc1cnccc1CNc1nc(NN)nc2[nH]ncc12. The maximum Gasteiger partial charge on any atom is 0.241 e. The standard InChI is InChI=1S/C12H14N8/c1-7-4-14-3-2-8(7)5-15-10-9-6-16-20-11(9)18-12(17-10)19-13/h2-4,6H,5,13H2,1H3,(H3,15,16,17,18,19,20). The number of nitrogens with one attached hydrogen (secondary N) is 3. The fourth-order valence-electron chi connectivity index (χ4n) is 1.91. The van der Waals surface area contributed by atoms with Gasteiger partial charge in [0.05, 0.1) is 11.6 Å². The second-order valence-electron chi connectivity index (χ2n) is 4.33. The highest BCUT2D eigenvalue weighted by molar-refractivity contribution is 5.86. The second-order valence-corrected chi connectivity index (χ2v) is 4.33. The maximum absolute atomic E-state index is 5.36. The van der Waals surface area contributed by atoms with Gasteiger partial charge in [0.1, 0.15) is 5.82 Å². The van der Waals surface area contributed by atoms with E-state index >= 15 is 0 Å². The first kappa shape index (κ1) is 12.3. The van der Waals surface area contributed by atoms with Gasteiger partial charge in [-0.3, -0.25) is 15.5 Å². The largest absolute Gasteiger partial charge is 0.365 e. The lowest BCUT2D eigenvalue weighted by molar-refractivity contribution is 1.05. The number of hydrazine groups is 1. The summed E-state index contributed by atoms with van der Waals surface area (Å²) >= 11 is 0. The number of pyridine rings is 1. The number of anilines is 2. The first-order chi connectivity index (χ1) is 9.78. The zero-order chi connectivity index (χ0) is 13.9. The molecular formula is C12H14N8. The highest BCUT2D eigenvalue weighted by Gasteiger charge is 2.09. The molecule has 0 bridgehead atoms. The van der Waals surface area contributed by atoms with Gasteiger partial charge in [0.2, 0.25) is 5.95 Å². The van der Waals surface area contributed by atoms with Crippen LogP contribution in [-0.4, -0.2) is 25.1 Å². The molecule has 0 saturated heterocycles. The molecule has 0 aliphatic heterocycles. The Hall–Kier alpha value is -2.74. The quantitative estimate of drug-likeness (QED) is 0.412. The molecule has 3 aromatic heterocycles. The number of H-pyrrole nitrogens is 1. The molecule has 0 amide bonds. The molecule has 8 nitrogen and oxygen atoms in total. The van der Waals surface area contributed by atoms with Gasteiger partial charge in [0.25, 0.3) is 0 Å². The minimum Gasteiger partial charge on any atom is -0.365 e. The second kappa shape index (κ2) is 5.10. The van der Waals surface area contributed by atoms with E-state index in [1.807, 2.05) is 19.2 Å². The van der Waals surface area contributed by atoms with Crippen molar-refractivity contribution >= 4 is 22.8 Å². The van der Waals surface area contributed by atoms with Crippen molar-refractivity contribution in [3.05, 3.63) is 35.8 Å².